The molecule has 1 aromatic carbocycles. The van der Waals surface area contributed by atoms with Gasteiger partial charge < -0.3 is 5.11 Å². The van der Waals surface area contributed by atoms with E-state index >= 15 is 0 Å². The molecule has 0 amide bonds. The molecular weight excluding hydrogens is 232 g/mol. The first kappa shape index (κ1) is 12.4. The maximum absolute atomic E-state index is 11.0. The molecule has 0 aliphatic rings. The molecule has 0 aliphatic carbocycles. The summed E-state index contributed by atoms with van der Waals surface area (Å²) >= 11 is 7.39. The zero-order valence-corrected chi connectivity index (χ0v) is 10.1. The number of carboxylic acid groups (broad SMARTS) is 1. The topological polar surface area (TPSA) is 37.3 Å². The summed E-state index contributed by atoms with van der Waals surface area (Å²) in [6, 6.07) is 5.19. The van der Waals surface area contributed by atoms with E-state index in [1.165, 1.54) is 0 Å². The Morgan fingerprint density at radius 1 is 1.53 bits per heavy atom. The monoisotopic (exact) mass is 244 g/mol. The van der Waals surface area contributed by atoms with Gasteiger partial charge in [0.25, 0.3) is 0 Å². The summed E-state index contributed by atoms with van der Waals surface area (Å²) in [4.78, 5) is 11.7. The molecule has 0 heterocycles. The lowest BCUT2D eigenvalue weighted by atomic mass is 10.2. The number of carbonyl (C=O) groups is 1. The van der Waals surface area contributed by atoms with Crippen LogP contribution in [-0.4, -0.2) is 16.8 Å². The third-order valence-corrected chi connectivity index (χ3v) is 3.40. The minimum absolute atomic E-state index is 0.222. The van der Waals surface area contributed by atoms with Crippen LogP contribution in [0.2, 0.25) is 5.02 Å². The molecule has 82 valence electrons. The Kier molecular flexibility index (Phi) is 4.99. The highest BCUT2D eigenvalue weighted by atomic mass is 35.5. The number of thioether (sulfide) groups is 1. The fourth-order valence-corrected chi connectivity index (χ4v) is 2.64. The average molecular weight is 245 g/mol. The number of aromatic carboxylic acids is 1. The summed E-state index contributed by atoms with van der Waals surface area (Å²) in [5.41, 5.74) is 0.222. The summed E-state index contributed by atoms with van der Waals surface area (Å²) in [6.07, 6.45) is 2.19. The minimum Gasteiger partial charge on any atom is -0.478 e. The molecule has 0 saturated heterocycles. The first-order valence-corrected chi connectivity index (χ1v) is 6.17. The van der Waals surface area contributed by atoms with E-state index in [-0.39, 0.29) is 5.56 Å². The van der Waals surface area contributed by atoms with Crippen molar-refractivity contribution in [2.24, 2.45) is 0 Å². The van der Waals surface area contributed by atoms with E-state index in [9.17, 15) is 4.79 Å². The molecule has 1 rings (SSSR count). The van der Waals surface area contributed by atoms with Crippen molar-refractivity contribution in [1.82, 2.24) is 0 Å². The van der Waals surface area contributed by atoms with Crippen molar-refractivity contribution in [3.8, 4) is 0 Å². The quantitative estimate of drug-likeness (QED) is 0.630. The van der Waals surface area contributed by atoms with Gasteiger partial charge in [-0.2, -0.15) is 0 Å². The fourth-order valence-electron chi connectivity index (χ4n) is 1.16. The highest BCUT2D eigenvalue weighted by Crippen LogP contribution is 2.29. The zero-order chi connectivity index (χ0) is 11.3. The molecule has 4 heteroatoms. The molecule has 0 aromatic heterocycles. The van der Waals surface area contributed by atoms with Gasteiger partial charge >= 0.3 is 5.97 Å². The summed E-state index contributed by atoms with van der Waals surface area (Å²) in [5, 5.41) is 9.31. The number of hydrogen-bond donors (Lipinski definition) is 1. The van der Waals surface area contributed by atoms with E-state index in [0.29, 0.717) is 5.02 Å². The molecule has 0 atom stereocenters. The Morgan fingerprint density at radius 2 is 2.27 bits per heavy atom. The molecule has 0 fully saturated rings. The Hall–Kier alpha value is -0.670. The fraction of sp³-hybridized carbons (Fsp3) is 0.364. The van der Waals surface area contributed by atoms with Crippen molar-refractivity contribution in [2.75, 3.05) is 5.75 Å². The number of hydrogen-bond acceptors (Lipinski definition) is 2. The van der Waals surface area contributed by atoms with Crippen LogP contribution in [0.15, 0.2) is 23.1 Å². The van der Waals surface area contributed by atoms with E-state index in [1.807, 2.05) is 0 Å². The number of carboxylic acids is 1. The van der Waals surface area contributed by atoms with Crippen molar-refractivity contribution in [2.45, 2.75) is 24.7 Å². The molecular formula is C11H13ClO2S. The lowest BCUT2D eigenvalue weighted by molar-refractivity contribution is 0.0693. The third kappa shape index (κ3) is 3.43. The molecule has 1 N–H and O–H groups in total. The molecule has 15 heavy (non-hydrogen) atoms. The van der Waals surface area contributed by atoms with Crippen LogP contribution >= 0.6 is 23.4 Å². The Bertz CT molecular complexity index is 352. The van der Waals surface area contributed by atoms with Gasteiger partial charge in [-0.15, -0.1) is 11.8 Å². The van der Waals surface area contributed by atoms with Gasteiger partial charge in [0.15, 0.2) is 0 Å². The first-order chi connectivity index (χ1) is 7.16. The predicted octanol–water partition coefficient (Wildman–Crippen LogP) is 3.93. The van der Waals surface area contributed by atoms with E-state index < -0.39 is 5.97 Å². The SMILES string of the molecule is CCCCSc1cccc(Cl)c1C(=O)O. The van der Waals surface area contributed by atoms with Gasteiger partial charge in [-0.1, -0.05) is 31.0 Å². The third-order valence-electron chi connectivity index (χ3n) is 1.94. The van der Waals surface area contributed by atoms with E-state index in [4.69, 9.17) is 16.7 Å². The second-order valence-corrected chi connectivity index (χ2v) is 4.66. The largest absolute Gasteiger partial charge is 0.478 e. The van der Waals surface area contributed by atoms with E-state index in [0.717, 1.165) is 23.5 Å². The smallest absolute Gasteiger partial charge is 0.338 e. The van der Waals surface area contributed by atoms with E-state index in [2.05, 4.69) is 6.92 Å². The molecule has 0 radical (unpaired) electrons. The lowest BCUT2D eigenvalue weighted by Crippen LogP contribution is -2.00. The highest BCUT2D eigenvalue weighted by molar-refractivity contribution is 7.99. The zero-order valence-electron chi connectivity index (χ0n) is 8.50. The lowest BCUT2D eigenvalue weighted by Gasteiger charge is -2.06. The van der Waals surface area contributed by atoms with Crippen LogP contribution in [0.3, 0.4) is 0 Å². The van der Waals surface area contributed by atoms with Crippen LogP contribution in [0.4, 0.5) is 0 Å². The molecule has 0 bridgehead atoms. The van der Waals surface area contributed by atoms with Crippen LogP contribution in [-0.2, 0) is 0 Å². The van der Waals surface area contributed by atoms with Crippen LogP contribution in [0.5, 0.6) is 0 Å². The number of unbranched alkanes of at least 4 members (excludes halogenated alkanes) is 1. The molecule has 0 unspecified atom stereocenters. The Morgan fingerprint density at radius 3 is 2.87 bits per heavy atom. The van der Waals surface area contributed by atoms with Crippen LogP contribution in [0, 0.1) is 0 Å². The van der Waals surface area contributed by atoms with Crippen LogP contribution in [0.25, 0.3) is 0 Å². The number of rotatable bonds is 5. The highest BCUT2D eigenvalue weighted by Gasteiger charge is 2.13. The average Bonchev–Trinajstić information content (AvgIpc) is 2.17. The Labute approximate surface area is 98.6 Å². The molecule has 0 saturated carbocycles. The van der Waals surface area contributed by atoms with Gasteiger partial charge in [-0.25, -0.2) is 4.79 Å². The standard InChI is InChI=1S/C11H13ClO2S/c1-2-3-7-15-9-6-4-5-8(12)10(9)11(13)14/h4-6H,2-3,7H2,1H3,(H,13,14). The maximum atomic E-state index is 11.0. The Balaban J connectivity index is 2.86. The number of benzene rings is 1. The second kappa shape index (κ2) is 6.03. The van der Waals surface area contributed by atoms with Gasteiger partial charge in [-0.05, 0) is 24.3 Å². The maximum Gasteiger partial charge on any atom is 0.338 e. The minimum atomic E-state index is -0.959. The summed E-state index contributed by atoms with van der Waals surface area (Å²) < 4.78 is 0. The first-order valence-electron chi connectivity index (χ1n) is 4.81. The van der Waals surface area contributed by atoms with Crippen molar-refractivity contribution < 1.29 is 9.90 Å². The second-order valence-electron chi connectivity index (χ2n) is 3.12. The molecule has 1 aromatic rings. The number of halogens is 1. The summed E-state index contributed by atoms with van der Waals surface area (Å²) in [6.45, 7) is 2.11. The summed E-state index contributed by atoms with van der Waals surface area (Å²) in [5.74, 6) is -0.0310. The molecule has 0 spiro atoms. The van der Waals surface area contributed by atoms with Crippen molar-refractivity contribution in [1.29, 1.82) is 0 Å². The van der Waals surface area contributed by atoms with Crippen molar-refractivity contribution in [3.05, 3.63) is 28.8 Å². The van der Waals surface area contributed by atoms with Gasteiger partial charge in [0.1, 0.15) is 0 Å². The van der Waals surface area contributed by atoms with Gasteiger partial charge in [-0.3, -0.25) is 0 Å². The van der Waals surface area contributed by atoms with Gasteiger partial charge in [0, 0.05) is 4.90 Å². The van der Waals surface area contributed by atoms with E-state index in [1.54, 1.807) is 30.0 Å². The van der Waals surface area contributed by atoms with Crippen LogP contribution in [0.1, 0.15) is 30.1 Å². The van der Waals surface area contributed by atoms with Gasteiger partial charge in [0.2, 0.25) is 0 Å². The normalized spacial score (nSPS) is 10.3. The van der Waals surface area contributed by atoms with Crippen molar-refractivity contribution >= 4 is 29.3 Å². The summed E-state index contributed by atoms with van der Waals surface area (Å²) in [7, 11) is 0. The molecule has 2 nitrogen and oxygen atoms in total. The van der Waals surface area contributed by atoms with Crippen LogP contribution < -0.4 is 0 Å². The van der Waals surface area contributed by atoms with Gasteiger partial charge in [0.05, 0.1) is 10.6 Å². The van der Waals surface area contributed by atoms with Crippen molar-refractivity contribution in [3.63, 3.8) is 0 Å². The predicted molar refractivity (Wildman–Crippen MR) is 64.0 cm³/mol. The molecule has 0 aliphatic heterocycles.